The molecule has 1 heterocycles. The Morgan fingerprint density at radius 3 is 2.36 bits per heavy atom. The first kappa shape index (κ1) is 19.7. The SMILES string of the molecule is Cc1cc(NC(=O)c2cc(C)c(C)c(S(N)(=O)=O)c2)n(-c2ccc(F)cc2)n1. The van der Waals surface area contributed by atoms with Crippen molar-refractivity contribution >= 4 is 21.7 Å². The fraction of sp³-hybridized carbons (Fsp3) is 0.158. The maximum absolute atomic E-state index is 13.2. The van der Waals surface area contributed by atoms with E-state index in [0.717, 1.165) is 0 Å². The lowest BCUT2D eigenvalue weighted by Gasteiger charge is -2.12. The Labute approximate surface area is 162 Å². The lowest BCUT2D eigenvalue weighted by molar-refractivity contribution is 0.102. The van der Waals surface area contributed by atoms with Crippen LogP contribution in [0.25, 0.3) is 5.69 Å². The normalized spacial score (nSPS) is 11.5. The van der Waals surface area contributed by atoms with Gasteiger partial charge in [0.2, 0.25) is 10.0 Å². The van der Waals surface area contributed by atoms with Gasteiger partial charge in [0, 0.05) is 11.6 Å². The molecule has 1 aromatic heterocycles. The van der Waals surface area contributed by atoms with Crippen molar-refractivity contribution in [1.29, 1.82) is 0 Å². The van der Waals surface area contributed by atoms with Gasteiger partial charge < -0.3 is 5.32 Å². The monoisotopic (exact) mass is 402 g/mol. The molecule has 28 heavy (non-hydrogen) atoms. The van der Waals surface area contributed by atoms with Crippen molar-refractivity contribution in [2.75, 3.05) is 5.32 Å². The number of aryl methyl sites for hydroxylation is 2. The molecular formula is C19H19FN4O3S. The van der Waals surface area contributed by atoms with Gasteiger partial charge in [-0.2, -0.15) is 5.10 Å². The summed E-state index contributed by atoms with van der Waals surface area (Å²) in [7, 11) is -3.97. The van der Waals surface area contributed by atoms with Gasteiger partial charge in [0.1, 0.15) is 11.6 Å². The fourth-order valence-electron chi connectivity index (χ4n) is 2.81. The molecule has 0 radical (unpaired) electrons. The number of carbonyl (C=O) groups is 1. The van der Waals surface area contributed by atoms with E-state index in [9.17, 15) is 17.6 Å². The van der Waals surface area contributed by atoms with Crippen molar-refractivity contribution in [1.82, 2.24) is 9.78 Å². The summed E-state index contributed by atoms with van der Waals surface area (Å²) in [5.41, 5.74) is 2.47. The predicted octanol–water partition coefficient (Wildman–Crippen LogP) is 2.84. The van der Waals surface area contributed by atoms with Gasteiger partial charge in [0.25, 0.3) is 5.91 Å². The summed E-state index contributed by atoms with van der Waals surface area (Å²) in [5.74, 6) is -0.537. The van der Waals surface area contributed by atoms with Gasteiger partial charge >= 0.3 is 0 Å². The van der Waals surface area contributed by atoms with Crippen LogP contribution in [0.1, 0.15) is 27.2 Å². The fourth-order valence-corrected chi connectivity index (χ4v) is 3.69. The number of carbonyl (C=O) groups excluding carboxylic acids is 1. The first-order valence-corrected chi connectivity index (χ1v) is 9.89. The van der Waals surface area contributed by atoms with Crippen LogP contribution in [-0.4, -0.2) is 24.1 Å². The van der Waals surface area contributed by atoms with E-state index in [0.29, 0.717) is 28.3 Å². The summed E-state index contributed by atoms with van der Waals surface area (Å²) in [4.78, 5) is 12.7. The number of benzene rings is 2. The van der Waals surface area contributed by atoms with Crippen LogP contribution in [0.4, 0.5) is 10.2 Å². The summed E-state index contributed by atoms with van der Waals surface area (Å²) in [5, 5.41) is 12.3. The number of halogens is 1. The summed E-state index contributed by atoms with van der Waals surface area (Å²) in [6.07, 6.45) is 0. The van der Waals surface area contributed by atoms with E-state index in [1.165, 1.54) is 35.0 Å². The zero-order chi connectivity index (χ0) is 20.6. The molecule has 0 aliphatic carbocycles. The Morgan fingerprint density at radius 1 is 1.11 bits per heavy atom. The first-order valence-electron chi connectivity index (χ1n) is 8.34. The number of aromatic nitrogens is 2. The highest BCUT2D eigenvalue weighted by Crippen LogP contribution is 2.22. The molecule has 2 aromatic carbocycles. The van der Waals surface area contributed by atoms with E-state index in [4.69, 9.17) is 5.14 Å². The number of nitrogens with zero attached hydrogens (tertiary/aromatic N) is 2. The Balaban J connectivity index is 1.99. The summed E-state index contributed by atoms with van der Waals surface area (Å²) in [6, 6.07) is 10.1. The van der Waals surface area contributed by atoms with Gasteiger partial charge in [-0.05, 0) is 68.3 Å². The maximum Gasteiger partial charge on any atom is 0.256 e. The van der Waals surface area contributed by atoms with Crippen LogP contribution in [0.3, 0.4) is 0 Å². The smallest absolute Gasteiger partial charge is 0.256 e. The van der Waals surface area contributed by atoms with Crippen LogP contribution in [0.15, 0.2) is 47.4 Å². The van der Waals surface area contributed by atoms with Crippen LogP contribution in [-0.2, 0) is 10.0 Å². The number of amides is 1. The van der Waals surface area contributed by atoms with Gasteiger partial charge in [0.15, 0.2) is 0 Å². The predicted molar refractivity (Wildman–Crippen MR) is 104 cm³/mol. The number of hydrogen-bond donors (Lipinski definition) is 2. The van der Waals surface area contributed by atoms with Crippen LogP contribution < -0.4 is 10.5 Å². The molecule has 0 saturated carbocycles. The van der Waals surface area contributed by atoms with E-state index in [1.54, 1.807) is 32.9 Å². The molecule has 0 saturated heterocycles. The van der Waals surface area contributed by atoms with Crippen molar-refractivity contribution in [3.05, 3.63) is 70.7 Å². The minimum Gasteiger partial charge on any atom is -0.306 e. The molecule has 0 spiro atoms. The molecule has 9 heteroatoms. The highest BCUT2D eigenvalue weighted by molar-refractivity contribution is 7.89. The van der Waals surface area contributed by atoms with Crippen molar-refractivity contribution < 1.29 is 17.6 Å². The molecule has 0 atom stereocenters. The lowest BCUT2D eigenvalue weighted by atomic mass is 10.1. The summed E-state index contributed by atoms with van der Waals surface area (Å²) < 4.78 is 38.3. The van der Waals surface area contributed by atoms with Crippen molar-refractivity contribution in [2.24, 2.45) is 5.14 Å². The molecule has 0 aliphatic heterocycles. The topological polar surface area (TPSA) is 107 Å². The Bertz CT molecular complexity index is 1170. The second-order valence-corrected chi connectivity index (χ2v) is 8.00. The average Bonchev–Trinajstić information content (AvgIpc) is 2.97. The average molecular weight is 402 g/mol. The molecule has 3 N–H and O–H groups in total. The summed E-state index contributed by atoms with van der Waals surface area (Å²) >= 11 is 0. The quantitative estimate of drug-likeness (QED) is 0.700. The number of rotatable bonds is 4. The Kier molecular flexibility index (Phi) is 5.05. The number of nitrogens with one attached hydrogen (secondary N) is 1. The molecule has 0 unspecified atom stereocenters. The third-order valence-corrected chi connectivity index (χ3v) is 5.37. The van der Waals surface area contributed by atoms with Crippen molar-refractivity contribution in [3.8, 4) is 5.69 Å². The van der Waals surface area contributed by atoms with E-state index in [2.05, 4.69) is 10.4 Å². The summed E-state index contributed by atoms with van der Waals surface area (Å²) in [6.45, 7) is 5.09. The van der Waals surface area contributed by atoms with Gasteiger partial charge in [-0.1, -0.05) is 0 Å². The third kappa shape index (κ3) is 3.95. The van der Waals surface area contributed by atoms with Crippen LogP contribution in [0, 0.1) is 26.6 Å². The maximum atomic E-state index is 13.2. The molecular weight excluding hydrogens is 383 g/mol. The zero-order valence-electron chi connectivity index (χ0n) is 15.5. The van der Waals surface area contributed by atoms with Gasteiger partial charge in [-0.15, -0.1) is 0 Å². The molecule has 0 aliphatic rings. The van der Waals surface area contributed by atoms with E-state index < -0.39 is 15.9 Å². The van der Waals surface area contributed by atoms with Crippen molar-refractivity contribution in [3.63, 3.8) is 0 Å². The number of anilines is 1. The van der Waals surface area contributed by atoms with Crippen LogP contribution >= 0.6 is 0 Å². The van der Waals surface area contributed by atoms with Crippen LogP contribution in [0.5, 0.6) is 0 Å². The largest absolute Gasteiger partial charge is 0.306 e. The molecule has 7 nitrogen and oxygen atoms in total. The van der Waals surface area contributed by atoms with Gasteiger partial charge in [-0.25, -0.2) is 22.6 Å². The molecule has 3 rings (SSSR count). The third-order valence-electron chi connectivity index (χ3n) is 4.33. The number of primary sulfonamides is 1. The number of hydrogen-bond acceptors (Lipinski definition) is 4. The van der Waals surface area contributed by atoms with Crippen LogP contribution in [0.2, 0.25) is 0 Å². The Hall–Kier alpha value is -3.04. The van der Waals surface area contributed by atoms with E-state index in [1.807, 2.05) is 0 Å². The number of sulfonamides is 1. The second kappa shape index (κ2) is 7.17. The zero-order valence-corrected chi connectivity index (χ0v) is 16.3. The molecule has 146 valence electrons. The minimum atomic E-state index is -3.97. The van der Waals surface area contributed by atoms with Gasteiger partial charge in [0.05, 0.1) is 16.3 Å². The van der Waals surface area contributed by atoms with E-state index >= 15 is 0 Å². The standard InChI is InChI=1S/C19H19FN4O3S/c1-11-8-14(10-17(13(11)3)28(21,26)27)19(25)22-18-9-12(2)23-24(18)16-6-4-15(20)5-7-16/h4-10H,1-3H3,(H,22,25)(H2,21,26,27). The molecule has 0 bridgehead atoms. The highest BCUT2D eigenvalue weighted by atomic mass is 32.2. The number of nitrogens with two attached hydrogens (primary N) is 1. The highest BCUT2D eigenvalue weighted by Gasteiger charge is 2.19. The Morgan fingerprint density at radius 2 is 1.75 bits per heavy atom. The van der Waals surface area contributed by atoms with Gasteiger partial charge in [-0.3, -0.25) is 4.79 Å². The van der Waals surface area contributed by atoms with E-state index in [-0.39, 0.29) is 16.3 Å². The van der Waals surface area contributed by atoms with Crippen molar-refractivity contribution in [2.45, 2.75) is 25.7 Å². The minimum absolute atomic E-state index is 0.0964. The molecule has 3 aromatic rings. The lowest BCUT2D eigenvalue weighted by Crippen LogP contribution is -2.19. The molecule has 1 amide bonds. The first-order chi connectivity index (χ1) is 13.1. The second-order valence-electron chi connectivity index (χ2n) is 6.47. The molecule has 0 fully saturated rings.